The molecule has 1 aliphatic heterocycles. The summed E-state index contributed by atoms with van der Waals surface area (Å²) in [5, 5.41) is 6.67. The van der Waals surface area contributed by atoms with Gasteiger partial charge in [-0.3, -0.25) is 4.99 Å². The molecule has 0 bridgehead atoms. The number of nitrogens with zero attached hydrogens (tertiary/aromatic N) is 2. The van der Waals surface area contributed by atoms with Crippen molar-refractivity contribution in [1.29, 1.82) is 0 Å². The summed E-state index contributed by atoms with van der Waals surface area (Å²) in [6, 6.07) is 0. The highest BCUT2D eigenvalue weighted by molar-refractivity contribution is 14.0. The lowest BCUT2D eigenvalue weighted by Crippen LogP contribution is -2.44. The summed E-state index contributed by atoms with van der Waals surface area (Å²) in [5.41, 5.74) is -0.452. The van der Waals surface area contributed by atoms with Crippen molar-refractivity contribution in [2.24, 2.45) is 10.9 Å². The molecule has 1 fully saturated rings. The van der Waals surface area contributed by atoms with Gasteiger partial charge in [0.05, 0.1) is 0 Å². The van der Waals surface area contributed by atoms with E-state index in [9.17, 15) is 4.79 Å². The number of guanidine groups is 1. The topological polar surface area (TPSA) is 75.2 Å². The maximum Gasteiger partial charge on any atom is 0.410 e. The van der Waals surface area contributed by atoms with Crippen molar-refractivity contribution in [1.82, 2.24) is 15.5 Å². The number of carbonyl (C=O) groups is 1. The summed E-state index contributed by atoms with van der Waals surface area (Å²) >= 11 is 0. The van der Waals surface area contributed by atoms with Crippen LogP contribution in [0.4, 0.5) is 4.79 Å². The van der Waals surface area contributed by atoms with Crippen LogP contribution in [0.15, 0.2) is 4.99 Å². The first-order chi connectivity index (χ1) is 12.9. The van der Waals surface area contributed by atoms with E-state index in [2.05, 4.69) is 17.6 Å². The van der Waals surface area contributed by atoms with Gasteiger partial charge < -0.3 is 25.0 Å². The average Bonchev–Trinajstić information content (AvgIpc) is 2.61. The Hall–Kier alpha value is -0.770. The second kappa shape index (κ2) is 15.1. The molecule has 0 spiro atoms. The molecule has 1 atom stereocenters. The predicted octanol–water partition coefficient (Wildman–Crippen LogP) is 3.62. The van der Waals surface area contributed by atoms with Gasteiger partial charge in [0.2, 0.25) is 0 Å². The van der Waals surface area contributed by atoms with Gasteiger partial charge in [-0.1, -0.05) is 0 Å². The van der Waals surface area contributed by atoms with Crippen LogP contribution in [0.5, 0.6) is 0 Å². The monoisotopic (exact) mass is 512 g/mol. The zero-order valence-electron chi connectivity index (χ0n) is 18.4. The number of aliphatic imine (C=N–C) groups is 1. The third kappa shape index (κ3) is 12.6. The van der Waals surface area contributed by atoms with Gasteiger partial charge in [0.15, 0.2) is 5.96 Å². The number of hydrogen-bond acceptors (Lipinski definition) is 4. The second-order valence-electron chi connectivity index (χ2n) is 7.99. The third-order valence-corrected chi connectivity index (χ3v) is 4.23. The summed E-state index contributed by atoms with van der Waals surface area (Å²) in [4.78, 5) is 18.8. The Balaban J connectivity index is 0.00000729. The van der Waals surface area contributed by atoms with Crippen LogP contribution in [0.1, 0.15) is 60.3 Å². The van der Waals surface area contributed by atoms with E-state index in [4.69, 9.17) is 14.5 Å². The van der Waals surface area contributed by atoms with Crippen molar-refractivity contribution in [3.05, 3.63) is 0 Å². The molecule has 166 valence electrons. The lowest BCUT2D eigenvalue weighted by atomic mass is 9.98. The number of carbonyl (C=O) groups excluding carboxylic acids is 1. The number of hydrogen-bond donors (Lipinski definition) is 2. The molecule has 0 aromatic heterocycles. The maximum atomic E-state index is 12.3. The van der Waals surface area contributed by atoms with Crippen LogP contribution in [0, 0.1) is 5.92 Å². The fraction of sp³-hybridized carbons (Fsp3) is 0.900. The predicted molar refractivity (Wildman–Crippen MR) is 126 cm³/mol. The standard InChI is InChI=1S/C20H40N4O3.HI/c1-6-21-18(22-12-8-9-14-26-7-2)23-15-17-11-10-13-24(16-17)19(25)27-20(3,4)5;/h17H,6-16H2,1-5H3,(H2,21,22,23);1H. The molecule has 0 aromatic rings. The van der Waals surface area contributed by atoms with E-state index < -0.39 is 5.60 Å². The zero-order chi connectivity index (χ0) is 20.1. The van der Waals surface area contributed by atoms with Gasteiger partial charge in [-0.05, 0) is 66.2 Å². The van der Waals surface area contributed by atoms with Crippen LogP contribution in [0.2, 0.25) is 0 Å². The Kier molecular flexibility index (Phi) is 14.7. The average molecular weight is 512 g/mol. The third-order valence-electron chi connectivity index (χ3n) is 4.23. The molecule has 0 radical (unpaired) electrons. The highest BCUT2D eigenvalue weighted by Gasteiger charge is 2.27. The van der Waals surface area contributed by atoms with Crippen molar-refractivity contribution in [2.75, 3.05) is 45.9 Å². The van der Waals surface area contributed by atoms with Crippen molar-refractivity contribution < 1.29 is 14.3 Å². The lowest BCUT2D eigenvalue weighted by molar-refractivity contribution is 0.0170. The quantitative estimate of drug-likeness (QED) is 0.214. The van der Waals surface area contributed by atoms with E-state index in [1.807, 2.05) is 32.6 Å². The summed E-state index contributed by atoms with van der Waals surface area (Å²) in [5.74, 6) is 1.22. The summed E-state index contributed by atoms with van der Waals surface area (Å²) < 4.78 is 10.9. The molecule has 1 aliphatic rings. The van der Waals surface area contributed by atoms with Gasteiger partial charge in [-0.2, -0.15) is 0 Å². The summed E-state index contributed by atoms with van der Waals surface area (Å²) in [6.07, 6.45) is 3.99. The molecular formula is C20H41IN4O3. The summed E-state index contributed by atoms with van der Waals surface area (Å²) in [6.45, 7) is 15.3. The van der Waals surface area contributed by atoms with Gasteiger partial charge in [0.25, 0.3) is 0 Å². The number of unbranched alkanes of at least 4 members (excludes halogenated alkanes) is 1. The number of halogens is 1. The molecule has 0 aromatic carbocycles. The molecule has 1 heterocycles. The number of nitrogens with one attached hydrogen (secondary N) is 2. The molecule has 8 heteroatoms. The maximum absolute atomic E-state index is 12.3. The van der Waals surface area contributed by atoms with Gasteiger partial charge in [0.1, 0.15) is 5.60 Å². The fourth-order valence-electron chi connectivity index (χ4n) is 2.95. The van der Waals surface area contributed by atoms with Crippen molar-refractivity contribution >= 4 is 36.0 Å². The van der Waals surface area contributed by atoms with Crippen molar-refractivity contribution in [2.45, 2.75) is 65.9 Å². The first kappa shape index (κ1) is 27.2. The minimum Gasteiger partial charge on any atom is -0.444 e. The van der Waals surface area contributed by atoms with Gasteiger partial charge >= 0.3 is 6.09 Å². The second-order valence-corrected chi connectivity index (χ2v) is 7.99. The molecule has 1 amide bonds. The molecule has 2 N–H and O–H groups in total. The van der Waals surface area contributed by atoms with Crippen LogP contribution in [0.25, 0.3) is 0 Å². The molecule has 0 aliphatic carbocycles. The van der Waals surface area contributed by atoms with Gasteiger partial charge in [0, 0.05) is 45.9 Å². The lowest BCUT2D eigenvalue weighted by Gasteiger charge is -2.33. The molecule has 1 rings (SSSR count). The number of ether oxygens (including phenoxy) is 2. The highest BCUT2D eigenvalue weighted by atomic mass is 127. The van der Waals surface area contributed by atoms with Crippen LogP contribution in [0.3, 0.4) is 0 Å². The molecule has 7 nitrogen and oxygen atoms in total. The SMILES string of the molecule is CCNC(=NCC1CCCN(C(=O)OC(C)(C)C)C1)NCCCCOCC.I. The normalized spacial score (nSPS) is 17.7. The molecule has 28 heavy (non-hydrogen) atoms. The number of piperidine rings is 1. The Bertz CT molecular complexity index is 455. The van der Waals surface area contributed by atoms with E-state index in [-0.39, 0.29) is 30.1 Å². The number of rotatable bonds is 9. The van der Waals surface area contributed by atoms with Crippen LogP contribution >= 0.6 is 24.0 Å². The van der Waals surface area contributed by atoms with Crippen LogP contribution < -0.4 is 10.6 Å². The molecule has 1 saturated heterocycles. The largest absolute Gasteiger partial charge is 0.444 e. The number of likely N-dealkylation sites (tertiary alicyclic amines) is 1. The first-order valence-electron chi connectivity index (χ1n) is 10.4. The Labute approximate surface area is 188 Å². The first-order valence-corrected chi connectivity index (χ1v) is 10.4. The molecule has 1 unspecified atom stereocenters. The Morgan fingerprint density at radius 1 is 1.21 bits per heavy atom. The minimum atomic E-state index is -0.452. The molecule has 0 saturated carbocycles. The van der Waals surface area contributed by atoms with E-state index in [0.29, 0.717) is 19.0 Å². The molecular weight excluding hydrogens is 471 g/mol. The van der Waals surface area contributed by atoms with E-state index in [1.165, 1.54) is 0 Å². The highest BCUT2D eigenvalue weighted by Crippen LogP contribution is 2.19. The van der Waals surface area contributed by atoms with Crippen LogP contribution in [-0.4, -0.2) is 68.5 Å². The zero-order valence-corrected chi connectivity index (χ0v) is 20.7. The van der Waals surface area contributed by atoms with E-state index >= 15 is 0 Å². The Morgan fingerprint density at radius 2 is 1.96 bits per heavy atom. The van der Waals surface area contributed by atoms with Gasteiger partial charge in [-0.15, -0.1) is 24.0 Å². The summed E-state index contributed by atoms with van der Waals surface area (Å²) in [7, 11) is 0. The van der Waals surface area contributed by atoms with Gasteiger partial charge in [-0.25, -0.2) is 4.79 Å². The smallest absolute Gasteiger partial charge is 0.410 e. The fourth-order valence-corrected chi connectivity index (χ4v) is 2.95. The van der Waals surface area contributed by atoms with Crippen molar-refractivity contribution in [3.8, 4) is 0 Å². The van der Waals surface area contributed by atoms with E-state index in [0.717, 1.165) is 64.5 Å². The van der Waals surface area contributed by atoms with Crippen molar-refractivity contribution in [3.63, 3.8) is 0 Å². The van der Waals surface area contributed by atoms with E-state index in [1.54, 1.807) is 0 Å². The number of amides is 1. The Morgan fingerprint density at radius 3 is 2.61 bits per heavy atom. The minimum absolute atomic E-state index is 0. The van der Waals surface area contributed by atoms with Crippen LogP contribution in [-0.2, 0) is 9.47 Å².